The quantitative estimate of drug-likeness (QED) is 0.551. The van der Waals surface area contributed by atoms with Crippen LogP contribution in [0.1, 0.15) is 17.9 Å². The van der Waals surface area contributed by atoms with Crippen LogP contribution in [0, 0.1) is 0 Å². The van der Waals surface area contributed by atoms with Crippen molar-refractivity contribution in [1.82, 2.24) is 4.57 Å². The van der Waals surface area contributed by atoms with Gasteiger partial charge in [0.05, 0.1) is 10.7 Å². The Morgan fingerprint density at radius 1 is 1.07 bits per heavy atom. The molecule has 158 valence electrons. The second-order valence-electron chi connectivity index (χ2n) is 7.22. The van der Waals surface area contributed by atoms with Crippen molar-refractivity contribution in [3.05, 3.63) is 71.5 Å². The zero-order valence-electron chi connectivity index (χ0n) is 15.9. The summed E-state index contributed by atoms with van der Waals surface area (Å²) in [6.07, 6.45) is 3.29. The lowest BCUT2D eigenvalue weighted by atomic mass is 9.88. The number of aromatic hydroxyl groups is 1. The molecule has 2 aromatic carbocycles. The lowest BCUT2D eigenvalue weighted by molar-refractivity contribution is -0.0497. The monoisotopic (exact) mass is 436 g/mol. The van der Waals surface area contributed by atoms with E-state index in [9.17, 15) is 18.3 Å². The van der Waals surface area contributed by atoms with E-state index in [1.807, 2.05) is 23.4 Å². The molecule has 1 aliphatic heterocycles. The van der Waals surface area contributed by atoms with Crippen molar-refractivity contribution in [2.45, 2.75) is 25.1 Å². The number of halogens is 4. The third kappa shape index (κ3) is 4.36. The molecule has 4 rings (SSSR count). The Balaban J connectivity index is 1.46. The van der Waals surface area contributed by atoms with Crippen molar-refractivity contribution in [3.8, 4) is 17.2 Å². The van der Waals surface area contributed by atoms with Crippen LogP contribution in [0.3, 0.4) is 0 Å². The normalized spacial score (nSPS) is 19.3. The maximum absolute atomic E-state index is 14.9. The minimum Gasteiger partial charge on any atom is -0.508 e. The molecule has 0 spiro atoms. The molecule has 2 atom stereocenters. The van der Waals surface area contributed by atoms with E-state index in [0.717, 1.165) is 11.3 Å². The summed E-state index contributed by atoms with van der Waals surface area (Å²) in [6.45, 7) is -1.99. The number of anilines is 1. The molecule has 2 heterocycles. The van der Waals surface area contributed by atoms with E-state index in [1.54, 1.807) is 34.9 Å². The van der Waals surface area contributed by atoms with Crippen LogP contribution < -0.4 is 9.64 Å². The van der Waals surface area contributed by atoms with E-state index in [0.29, 0.717) is 18.7 Å². The van der Waals surface area contributed by atoms with Gasteiger partial charge in [-0.3, -0.25) is 0 Å². The number of hydrogen-bond acceptors (Lipinski definition) is 3. The number of rotatable bonds is 5. The van der Waals surface area contributed by atoms with Crippen LogP contribution in [0.5, 0.6) is 11.5 Å². The molecule has 1 saturated heterocycles. The predicted molar refractivity (Wildman–Crippen MR) is 110 cm³/mol. The Morgan fingerprint density at radius 2 is 1.83 bits per heavy atom. The second kappa shape index (κ2) is 8.52. The van der Waals surface area contributed by atoms with Crippen LogP contribution in [-0.4, -0.2) is 35.5 Å². The molecule has 0 unspecified atom stereocenters. The Labute approximate surface area is 177 Å². The Hall–Kier alpha value is -2.80. The first-order valence-corrected chi connectivity index (χ1v) is 9.89. The molecular formula is C22H20ClF3N2O2. The fourth-order valence-electron chi connectivity index (χ4n) is 3.81. The fraction of sp³-hybridized carbons (Fsp3) is 0.273. The van der Waals surface area contributed by atoms with E-state index in [1.165, 1.54) is 12.1 Å². The molecule has 0 saturated carbocycles. The number of phenols is 1. The van der Waals surface area contributed by atoms with Gasteiger partial charge in [0.1, 0.15) is 17.7 Å². The molecule has 8 heteroatoms. The zero-order chi connectivity index (χ0) is 21.3. The maximum atomic E-state index is 14.9. The second-order valence-corrected chi connectivity index (χ2v) is 7.63. The predicted octanol–water partition coefficient (Wildman–Crippen LogP) is 5.77. The summed E-state index contributed by atoms with van der Waals surface area (Å²) in [5.41, 5.74) is 2.44. The zero-order valence-corrected chi connectivity index (χ0v) is 16.6. The SMILES string of the molecule is Oc1ccc([C@H]2CCN(c3ccn(-c4ccc(OC(F)F)c(Cl)c4)c3)C[C@@H]2F)cc1. The van der Waals surface area contributed by atoms with E-state index in [2.05, 4.69) is 4.74 Å². The molecule has 0 bridgehead atoms. The lowest BCUT2D eigenvalue weighted by Gasteiger charge is -2.35. The summed E-state index contributed by atoms with van der Waals surface area (Å²) in [4.78, 5) is 1.98. The molecular weight excluding hydrogens is 417 g/mol. The number of aromatic nitrogens is 1. The number of ether oxygens (including phenoxy) is 1. The van der Waals surface area contributed by atoms with Gasteiger partial charge in [-0.05, 0) is 48.4 Å². The third-order valence-electron chi connectivity index (χ3n) is 5.33. The summed E-state index contributed by atoms with van der Waals surface area (Å²) in [5, 5.41) is 9.51. The van der Waals surface area contributed by atoms with Gasteiger partial charge in [-0.1, -0.05) is 23.7 Å². The van der Waals surface area contributed by atoms with E-state index in [4.69, 9.17) is 11.6 Å². The Bertz CT molecular complexity index is 1010. The van der Waals surface area contributed by atoms with Crippen LogP contribution in [-0.2, 0) is 0 Å². The summed E-state index contributed by atoms with van der Waals surface area (Å²) < 4.78 is 45.8. The van der Waals surface area contributed by atoms with Gasteiger partial charge in [-0.2, -0.15) is 8.78 Å². The van der Waals surface area contributed by atoms with Gasteiger partial charge in [0.2, 0.25) is 0 Å². The standard InChI is InChI=1S/C22H20ClF3N2O2/c23-19-11-15(3-6-21(19)30-22(25)26)27-9-7-16(12-27)28-10-8-18(20(24)13-28)14-1-4-17(29)5-2-14/h1-7,9,11-12,18,20,22,29H,8,10,13H2/t18-,20+/m1/s1. The van der Waals surface area contributed by atoms with E-state index >= 15 is 0 Å². The van der Waals surface area contributed by atoms with Crippen molar-refractivity contribution >= 4 is 17.3 Å². The fourth-order valence-corrected chi connectivity index (χ4v) is 4.03. The first kappa shape index (κ1) is 20.5. The Kier molecular flexibility index (Phi) is 5.81. The minimum atomic E-state index is -2.94. The number of nitrogens with zero attached hydrogens (tertiary/aromatic N) is 2. The van der Waals surface area contributed by atoms with Gasteiger partial charge in [-0.25, -0.2) is 4.39 Å². The number of phenolic OH excluding ortho intramolecular Hbond substituents is 1. The van der Waals surface area contributed by atoms with Crippen LogP contribution >= 0.6 is 11.6 Å². The van der Waals surface area contributed by atoms with Gasteiger partial charge in [0.25, 0.3) is 0 Å². The average molecular weight is 437 g/mol. The van der Waals surface area contributed by atoms with Crippen LogP contribution in [0.25, 0.3) is 5.69 Å². The Morgan fingerprint density at radius 3 is 2.50 bits per heavy atom. The van der Waals surface area contributed by atoms with Crippen molar-refractivity contribution in [1.29, 1.82) is 0 Å². The first-order chi connectivity index (χ1) is 14.4. The molecule has 0 aliphatic carbocycles. The van der Waals surface area contributed by atoms with Crippen molar-refractivity contribution in [2.24, 2.45) is 0 Å². The van der Waals surface area contributed by atoms with Gasteiger partial charge >= 0.3 is 6.61 Å². The number of benzene rings is 2. The topological polar surface area (TPSA) is 37.6 Å². The first-order valence-electron chi connectivity index (χ1n) is 9.51. The molecule has 1 N–H and O–H groups in total. The van der Waals surface area contributed by atoms with Gasteiger partial charge in [0.15, 0.2) is 0 Å². The van der Waals surface area contributed by atoms with Crippen molar-refractivity contribution in [2.75, 3.05) is 18.0 Å². The summed E-state index contributed by atoms with van der Waals surface area (Å²) in [5.74, 6) is -0.119. The molecule has 4 nitrogen and oxygen atoms in total. The lowest BCUT2D eigenvalue weighted by Crippen LogP contribution is -2.40. The van der Waals surface area contributed by atoms with Crippen LogP contribution in [0.4, 0.5) is 18.9 Å². The van der Waals surface area contributed by atoms with Crippen molar-refractivity contribution in [3.63, 3.8) is 0 Å². The highest BCUT2D eigenvalue weighted by atomic mass is 35.5. The number of alkyl halides is 3. The molecule has 0 amide bonds. The maximum Gasteiger partial charge on any atom is 0.387 e. The number of piperidine rings is 1. The molecule has 1 fully saturated rings. The highest BCUT2D eigenvalue weighted by molar-refractivity contribution is 6.32. The van der Waals surface area contributed by atoms with Crippen LogP contribution in [0.15, 0.2) is 60.9 Å². The summed E-state index contributed by atoms with van der Waals surface area (Å²) >= 11 is 6.03. The smallest absolute Gasteiger partial charge is 0.387 e. The van der Waals surface area contributed by atoms with Gasteiger partial charge < -0.3 is 19.3 Å². The minimum absolute atomic E-state index is 0.0839. The molecule has 1 aliphatic rings. The molecule has 30 heavy (non-hydrogen) atoms. The summed E-state index contributed by atoms with van der Waals surface area (Å²) in [7, 11) is 0. The largest absolute Gasteiger partial charge is 0.508 e. The highest BCUT2D eigenvalue weighted by Gasteiger charge is 2.30. The number of hydrogen-bond donors (Lipinski definition) is 1. The van der Waals surface area contributed by atoms with Gasteiger partial charge in [0, 0.05) is 37.1 Å². The highest BCUT2D eigenvalue weighted by Crippen LogP contribution is 2.34. The molecule has 1 aromatic heterocycles. The third-order valence-corrected chi connectivity index (χ3v) is 5.63. The summed E-state index contributed by atoms with van der Waals surface area (Å²) in [6, 6.07) is 13.1. The van der Waals surface area contributed by atoms with Gasteiger partial charge in [-0.15, -0.1) is 0 Å². The molecule has 3 aromatic rings. The molecule has 0 radical (unpaired) electrons. The van der Waals surface area contributed by atoms with Crippen LogP contribution in [0.2, 0.25) is 5.02 Å². The van der Waals surface area contributed by atoms with Crippen molar-refractivity contribution < 1.29 is 23.0 Å². The van der Waals surface area contributed by atoms with E-state index in [-0.39, 0.29) is 29.0 Å². The van der Waals surface area contributed by atoms with E-state index < -0.39 is 12.8 Å². The average Bonchev–Trinajstić information content (AvgIpc) is 3.20.